The van der Waals surface area contributed by atoms with Crippen LogP contribution < -0.4 is 36.3 Å². The third kappa shape index (κ3) is 3.07. The van der Waals surface area contributed by atoms with Crippen LogP contribution in [0.25, 0.3) is 21.1 Å². The van der Waals surface area contributed by atoms with E-state index in [1.807, 2.05) is 0 Å². The summed E-state index contributed by atoms with van der Waals surface area (Å²) in [5.41, 5.74) is 13.6. The summed E-state index contributed by atoms with van der Waals surface area (Å²) in [7, 11) is 0. The summed E-state index contributed by atoms with van der Waals surface area (Å²) in [5.74, 6) is 0. The van der Waals surface area contributed by atoms with Gasteiger partial charge in [0.25, 0.3) is 0 Å². The van der Waals surface area contributed by atoms with E-state index >= 15 is 0 Å². The molecule has 102 valence electrons. The van der Waals surface area contributed by atoms with E-state index in [4.69, 9.17) is 22.3 Å². The van der Waals surface area contributed by atoms with Crippen LogP contribution in [0.3, 0.4) is 0 Å². The van der Waals surface area contributed by atoms with E-state index in [0.29, 0.717) is 11.3 Å². The molecule has 0 amide bonds. The van der Waals surface area contributed by atoms with Crippen molar-refractivity contribution in [1.29, 1.82) is 10.8 Å². The number of hydrogen-bond acceptors (Lipinski definition) is 4. The summed E-state index contributed by atoms with van der Waals surface area (Å²) in [6, 6.07) is 10.3. The molecule has 0 atom stereocenters. The molecule has 0 unspecified atom stereocenters. The zero-order valence-corrected chi connectivity index (χ0v) is 11.7. The molecule has 0 radical (unpaired) electrons. The van der Waals surface area contributed by atoms with E-state index in [0.717, 1.165) is 5.56 Å². The first-order chi connectivity index (χ1) is 8.67. The molecule has 0 aliphatic rings. The molecule has 2 rings (SSSR count). The van der Waals surface area contributed by atoms with Crippen LogP contribution in [0.1, 0.15) is 0 Å². The van der Waals surface area contributed by atoms with Crippen molar-refractivity contribution < 1.29 is 24.8 Å². The van der Waals surface area contributed by atoms with E-state index in [1.165, 1.54) is 0 Å². The van der Waals surface area contributed by atoms with Gasteiger partial charge in [-0.25, -0.2) is 0 Å². The fraction of sp³-hybridized carbons (Fsp3) is 0. The van der Waals surface area contributed by atoms with Crippen LogP contribution in [0.15, 0.2) is 36.4 Å². The highest BCUT2D eigenvalue weighted by Crippen LogP contribution is 2.42. The van der Waals surface area contributed by atoms with Gasteiger partial charge in [-0.2, -0.15) is 0 Å². The lowest BCUT2D eigenvalue weighted by molar-refractivity contribution is -0.001000. The van der Waals surface area contributed by atoms with Gasteiger partial charge in [-0.1, -0.05) is 12.1 Å². The van der Waals surface area contributed by atoms with E-state index in [2.05, 4.69) is 9.95 Å². The number of halogens is 2. The molecule has 0 aliphatic carbocycles. The lowest BCUT2D eigenvalue weighted by atomic mass is 10.0. The smallest absolute Gasteiger partial charge is 0.501 e. The van der Waals surface area contributed by atoms with Crippen molar-refractivity contribution in [3.63, 3.8) is 0 Å². The summed E-state index contributed by atoms with van der Waals surface area (Å²) in [6.07, 6.45) is 0. The second-order valence-corrected chi connectivity index (χ2v) is 3.72. The monoisotopic (exact) mass is 308 g/mol. The molecule has 0 fully saturated rings. The largest absolute Gasteiger partial charge is 1.00 e. The molecule has 0 saturated heterocycles. The van der Waals surface area contributed by atoms with Gasteiger partial charge in [0, 0.05) is 5.69 Å². The van der Waals surface area contributed by atoms with Crippen LogP contribution in [0.4, 0.5) is 22.7 Å². The number of diazo groups is 2. The Labute approximate surface area is 127 Å². The molecular weight excluding hydrogens is 299 g/mol. The number of nitrogens with zero attached hydrogens (tertiary/aromatic N) is 4. The van der Waals surface area contributed by atoms with Crippen molar-refractivity contribution >= 4 is 22.7 Å². The van der Waals surface area contributed by atoms with Crippen LogP contribution >= 0.6 is 0 Å². The summed E-state index contributed by atoms with van der Waals surface area (Å²) in [4.78, 5) is 6.18. The van der Waals surface area contributed by atoms with Crippen molar-refractivity contribution in [1.82, 2.24) is 0 Å². The van der Waals surface area contributed by atoms with Crippen molar-refractivity contribution in [2.24, 2.45) is 0 Å². The molecule has 0 bridgehead atoms. The lowest BCUT2D eigenvalue weighted by Crippen LogP contribution is -3.00. The van der Waals surface area contributed by atoms with Gasteiger partial charge in [0.1, 0.15) is 5.69 Å². The van der Waals surface area contributed by atoms with E-state index in [-0.39, 0.29) is 41.9 Å². The highest BCUT2D eigenvalue weighted by atomic mass is 35.5. The van der Waals surface area contributed by atoms with Gasteiger partial charge in [0.2, 0.25) is 10.8 Å². The lowest BCUT2D eigenvalue weighted by Gasteiger charge is -1.99. The van der Waals surface area contributed by atoms with E-state index < -0.39 is 0 Å². The van der Waals surface area contributed by atoms with Crippen LogP contribution in [0.2, 0.25) is 0 Å². The number of hydrogen-bond donors (Lipinski definition) is 2. The van der Waals surface area contributed by atoms with Crippen LogP contribution in [-0.2, 0) is 0 Å². The number of nitrogens with two attached hydrogens (primary N) is 2. The van der Waals surface area contributed by atoms with Crippen molar-refractivity contribution in [3.8, 4) is 11.1 Å². The van der Waals surface area contributed by atoms with Crippen molar-refractivity contribution in [2.45, 2.75) is 0 Å². The van der Waals surface area contributed by atoms with Gasteiger partial charge in [-0.05, 0) is 29.8 Å². The van der Waals surface area contributed by atoms with Crippen molar-refractivity contribution in [3.05, 3.63) is 46.4 Å². The molecule has 2 aromatic rings. The number of anilines is 2. The summed E-state index contributed by atoms with van der Waals surface area (Å²) in [6.45, 7) is 0. The highest BCUT2D eigenvalue weighted by Gasteiger charge is 2.34. The van der Waals surface area contributed by atoms with Gasteiger partial charge in [-0.15, -0.1) is 0 Å². The maximum atomic E-state index is 9.04. The molecule has 0 aromatic heterocycles. The molecule has 0 spiro atoms. The standard InChI is InChI=1S/C12H9N6.2ClH/c13-8-3-1-7(2-4-8)9-5-6-10(14)12(18-16)11(9)17-15;;/h1-6,13-14,16H;2*1H/q+1;;/p-1. The van der Waals surface area contributed by atoms with Gasteiger partial charge < -0.3 is 36.3 Å². The number of nitrogen functional groups attached to an aromatic ring is 2. The number of rotatable bonds is 1. The predicted molar refractivity (Wildman–Crippen MR) is 70.2 cm³/mol. The SMILES string of the molecule is N#[N+]c1c(N)ccc(-c2ccc(N)cc2)c1[N+]#N.[Cl-].[Cl-]. The molecule has 0 heterocycles. The summed E-state index contributed by atoms with van der Waals surface area (Å²) >= 11 is 0. The summed E-state index contributed by atoms with van der Waals surface area (Å²) < 4.78 is 0. The predicted octanol–water partition coefficient (Wildman–Crippen LogP) is -2.50. The Hall–Kier alpha value is -2.54. The molecule has 0 aliphatic heterocycles. The molecule has 20 heavy (non-hydrogen) atoms. The Morgan fingerprint density at radius 1 is 0.750 bits per heavy atom. The second-order valence-electron chi connectivity index (χ2n) is 3.72. The Bertz CT molecular complexity index is 685. The first-order valence-corrected chi connectivity index (χ1v) is 5.16. The third-order valence-electron chi connectivity index (χ3n) is 2.60. The molecule has 4 N–H and O–H groups in total. The fourth-order valence-electron chi connectivity index (χ4n) is 1.70. The highest BCUT2D eigenvalue weighted by molar-refractivity contribution is 5.94. The quantitative estimate of drug-likeness (QED) is 0.448. The number of benzene rings is 2. The molecule has 2 aromatic carbocycles. The Balaban J connectivity index is 0.00000180. The Morgan fingerprint density at radius 3 is 1.80 bits per heavy atom. The first kappa shape index (κ1) is 17.5. The van der Waals surface area contributed by atoms with Crippen molar-refractivity contribution in [2.75, 3.05) is 11.5 Å². The molecule has 0 saturated carbocycles. The fourth-order valence-corrected chi connectivity index (χ4v) is 1.70. The van der Waals surface area contributed by atoms with Gasteiger partial charge in [-0.3, -0.25) is 0 Å². The van der Waals surface area contributed by atoms with E-state index in [9.17, 15) is 0 Å². The van der Waals surface area contributed by atoms with Crippen LogP contribution in [0, 0.1) is 10.8 Å². The van der Waals surface area contributed by atoms with Crippen LogP contribution in [0.5, 0.6) is 0 Å². The average Bonchev–Trinajstić information content (AvgIpc) is 2.39. The zero-order chi connectivity index (χ0) is 13.1. The van der Waals surface area contributed by atoms with E-state index in [1.54, 1.807) is 36.4 Å². The zero-order valence-electron chi connectivity index (χ0n) is 10.2. The summed E-state index contributed by atoms with van der Waals surface area (Å²) in [5, 5.41) is 17.9. The van der Waals surface area contributed by atoms with Gasteiger partial charge in [0.15, 0.2) is 9.95 Å². The first-order valence-electron chi connectivity index (χ1n) is 5.16. The average molecular weight is 309 g/mol. The minimum Gasteiger partial charge on any atom is -1.00 e. The van der Waals surface area contributed by atoms with Gasteiger partial charge in [0.05, 0.1) is 5.56 Å². The molecule has 6 nitrogen and oxygen atoms in total. The van der Waals surface area contributed by atoms with Crippen LogP contribution in [-0.4, -0.2) is 0 Å². The minimum absolute atomic E-state index is 0. The topological polar surface area (TPSA) is 108 Å². The Morgan fingerprint density at radius 2 is 1.30 bits per heavy atom. The molecule has 8 heteroatoms. The third-order valence-corrected chi connectivity index (χ3v) is 2.60. The maximum Gasteiger partial charge on any atom is 0.501 e. The Kier molecular flexibility index (Phi) is 6.24. The molecular formula is C12H10Cl2N6. The minimum atomic E-state index is 0. The maximum absolute atomic E-state index is 9.04. The second kappa shape index (κ2) is 7.15. The normalized spacial score (nSPS) is 8.50. The van der Waals surface area contributed by atoms with Gasteiger partial charge >= 0.3 is 11.4 Å².